The summed E-state index contributed by atoms with van der Waals surface area (Å²) in [5, 5.41) is 7.32. The third kappa shape index (κ3) is 4.72. The van der Waals surface area contributed by atoms with Crippen LogP contribution in [0.25, 0.3) is 0 Å². The maximum absolute atomic E-state index is 12.9. The largest absolute Gasteiger partial charge is 0.372 e. The number of anilines is 1. The molecule has 2 aliphatic rings. The highest BCUT2D eigenvalue weighted by Crippen LogP contribution is 2.23. The van der Waals surface area contributed by atoms with Crippen molar-refractivity contribution in [2.75, 3.05) is 38.0 Å². The topological polar surface area (TPSA) is 79.7 Å². The Kier molecular flexibility index (Phi) is 6.40. The maximum Gasteiger partial charge on any atom is 0.238 e. The van der Waals surface area contributed by atoms with E-state index in [9.17, 15) is 9.59 Å². The monoisotopic (exact) mass is 391 g/mol. The molecule has 2 amide bonds. The molecule has 28 heavy (non-hydrogen) atoms. The number of likely N-dealkylation sites (tertiary alicyclic amines) is 1. The van der Waals surface area contributed by atoms with Gasteiger partial charge < -0.3 is 15.0 Å². The maximum atomic E-state index is 12.9. The highest BCUT2D eigenvalue weighted by molar-refractivity contribution is 5.93. The van der Waals surface area contributed by atoms with E-state index in [4.69, 9.17) is 4.74 Å². The summed E-state index contributed by atoms with van der Waals surface area (Å²) < 4.78 is 7.50. The molecule has 1 aromatic rings. The van der Waals surface area contributed by atoms with Gasteiger partial charge in [-0.2, -0.15) is 5.10 Å². The molecule has 2 saturated heterocycles. The van der Waals surface area contributed by atoms with Crippen molar-refractivity contribution in [2.45, 2.75) is 52.7 Å². The lowest BCUT2D eigenvalue weighted by Gasteiger charge is -2.39. The molecule has 0 saturated carbocycles. The molecule has 0 unspecified atom stereocenters. The Morgan fingerprint density at radius 1 is 1.14 bits per heavy atom. The number of piperidine rings is 1. The fourth-order valence-electron chi connectivity index (χ4n) is 4.29. The molecule has 3 heterocycles. The summed E-state index contributed by atoms with van der Waals surface area (Å²) in [5.74, 6) is 0.270. The molecule has 0 aromatic carbocycles. The van der Waals surface area contributed by atoms with E-state index >= 15 is 0 Å². The van der Waals surface area contributed by atoms with Gasteiger partial charge in [0.2, 0.25) is 11.8 Å². The number of carbonyl (C=O) groups excluding carboxylic acids is 2. The molecule has 0 radical (unpaired) electrons. The fraction of sp³-hybridized carbons (Fsp3) is 0.750. The number of ether oxygens (including phenoxy) is 1. The van der Waals surface area contributed by atoms with E-state index in [1.807, 2.05) is 39.6 Å². The zero-order chi connectivity index (χ0) is 20.4. The van der Waals surface area contributed by atoms with Crippen LogP contribution < -0.4 is 5.32 Å². The molecular formula is C20H33N5O3. The molecule has 2 fully saturated rings. The molecule has 0 bridgehead atoms. The Balaban J connectivity index is 1.47. The minimum Gasteiger partial charge on any atom is -0.372 e. The Hall–Kier alpha value is -1.93. The van der Waals surface area contributed by atoms with E-state index in [2.05, 4.69) is 15.3 Å². The van der Waals surface area contributed by atoms with E-state index in [0.717, 1.165) is 43.0 Å². The smallest absolute Gasteiger partial charge is 0.238 e. The Bertz CT molecular complexity index is 714. The van der Waals surface area contributed by atoms with E-state index in [1.165, 1.54) is 0 Å². The SMILES string of the molecule is Cc1nn(C)c(C)c1NC(=O)CN1CCC(C(=O)N2C[C@@H](C)O[C@H](C)C2)CC1. The van der Waals surface area contributed by atoms with Crippen molar-refractivity contribution in [2.24, 2.45) is 13.0 Å². The summed E-state index contributed by atoms with van der Waals surface area (Å²) in [5.41, 5.74) is 2.57. The normalized spacial score (nSPS) is 24.4. The number of nitrogens with zero attached hydrogens (tertiary/aromatic N) is 4. The van der Waals surface area contributed by atoms with Crippen LogP contribution in [-0.4, -0.2) is 76.3 Å². The predicted octanol–water partition coefficient (Wildman–Crippen LogP) is 1.32. The summed E-state index contributed by atoms with van der Waals surface area (Å²) in [6.07, 6.45) is 1.79. The first-order valence-corrected chi connectivity index (χ1v) is 10.2. The highest BCUT2D eigenvalue weighted by atomic mass is 16.5. The number of rotatable bonds is 4. The molecule has 2 atom stereocenters. The number of nitrogens with one attached hydrogen (secondary N) is 1. The predicted molar refractivity (Wildman–Crippen MR) is 107 cm³/mol. The number of carbonyl (C=O) groups is 2. The van der Waals surface area contributed by atoms with Crippen LogP contribution in [0.5, 0.6) is 0 Å². The first-order chi connectivity index (χ1) is 13.2. The fourth-order valence-corrected chi connectivity index (χ4v) is 4.29. The summed E-state index contributed by atoms with van der Waals surface area (Å²) in [7, 11) is 1.87. The number of aromatic nitrogens is 2. The van der Waals surface area contributed by atoms with Crippen LogP contribution >= 0.6 is 0 Å². The van der Waals surface area contributed by atoms with E-state index in [0.29, 0.717) is 19.6 Å². The van der Waals surface area contributed by atoms with Crippen LogP contribution in [0.1, 0.15) is 38.1 Å². The van der Waals surface area contributed by atoms with Crippen LogP contribution in [0.15, 0.2) is 0 Å². The van der Waals surface area contributed by atoms with Crippen molar-refractivity contribution < 1.29 is 14.3 Å². The van der Waals surface area contributed by atoms with Gasteiger partial charge in [0.25, 0.3) is 0 Å². The number of aryl methyl sites for hydroxylation is 2. The minimum atomic E-state index is -0.0280. The zero-order valence-corrected chi connectivity index (χ0v) is 17.7. The van der Waals surface area contributed by atoms with Gasteiger partial charge in [0, 0.05) is 26.1 Å². The lowest BCUT2D eigenvalue weighted by atomic mass is 9.94. The first-order valence-electron chi connectivity index (χ1n) is 10.2. The van der Waals surface area contributed by atoms with E-state index < -0.39 is 0 Å². The highest BCUT2D eigenvalue weighted by Gasteiger charge is 2.33. The van der Waals surface area contributed by atoms with Gasteiger partial charge in [-0.05, 0) is 53.6 Å². The van der Waals surface area contributed by atoms with Crippen molar-refractivity contribution in [1.29, 1.82) is 0 Å². The second-order valence-electron chi connectivity index (χ2n) is 8.27. The van der Waals surface area contributed by atoms with E-state index in [1.54, 1.807) is 4.68 Å². The Morgan fingerprint density at radius 3 is 2.29 bits per heavy atom. The van der Waals surface area contributed by atoms with Crippen molar-refractivity contribution >= 4 is 17.5 Å². The van der Waals surface area contributed by atoms with Gasteiger partial charge >= 0.3 is 0 Å². The van der Waals surface area contributed by atoms with Gasteiger partial charge in [0.05, 0.1) is 35.8 Å². The van der Waals surface area contributed by atoms with Gasteiger partial charge in [0.1, 0.15) is 0 Å². The second kappa shape index (κ2) is 8.61. The lowest BCUT2D eigenvalue weighted by molar-refractivity contribution is -0.148. The van der Waals surface area contributed by atoms with Crippen molar-refractivity contribution in [3.05, 3.63) is 11.4 Å². The van der Waals surface area contributed by atoms with Gasteiger partial charge in [-0.15, -0.1) is 0 Å². The van der Waals surface area contributed by atoms with Crippen LogP contribution in [0, 0.1) is 19.8 Å². The van der Waals surface area contributed by atoms with Crippen molar-refractivity contribution in [1.82, 2.24) is 19.6 Å². The average Bonchev–Trinajstić information content (AvgIpc) is 2.87. The van der Waals surface area contributed by atoms with Crippen LogP contribution in [0.2, 0.25) is 0 Å². The van der Waals surface area contributed by atoms with Crippen LogP contribution in [-0.2, 0) is 21.4 Å². The van der Waals surface area contributed by atoms with Gasteiger partial charge in [-0.25, -0.2) is 0 Å². The zero-order valence-electron chi connectivity index (χ0n) is 17.7. The summed E-state index contributed by atoms with van der Waals surface area (Å²) >= 11 is 0. The Morgan fingerprint density at radius 2 is 1.75 bits per heavy atom. The molecule has 3 rings (SSSR count). The number of amides is 2. The lowest BCUT2D eigenvalue weighted by Crippen LogP contribution is -2.51. The third-order valence-electron chi connectivity index (χ3n) is 5.81. The molecule has 0 spiro atoms. The van der Waals surface area contributed by atoms with Crippen LogP contribution in [0.3, 0.4) is 0 Å². The average molecular weight is 392 g/mol. The first kappa shape index (κ1) is 20.8. The molecule has 0 aliphatic carbocycles. The molecule has 1 aromatic heterocycles. The summed E-state index contributed by atoms with van der Waals surface area (Å²) in [6, 6.07) is 0. The van der Waals surface area contributed by atoms with Gasteiger partial charge in [-0.3, -0.25) is 19.2 Å². The number of morpholine rings is 1. The molecule has 1 N–H and O–H groups in total. The standard InChI is InChI=1S/C20H33N5O3/c1-13-10-25(11-14(2)28-13)20(27)17-6-8-24(9-7-17)12-18(26)21-19-15(3)22-23(5)16(19)4/h13-14,17H,6-12H2,1-5H3,(H,21,26)/t13-,14-/m1/s1. The van der Waals surface area contributed by atoms with Gasteiger partial charge in [0.15, 0.2) is 0 Å². The second-order valence-corrected chi connectivity index (χ2v) is 8.27. The molecule has 8 nitrogen and oxygen atoms in total. The third-order valence-corrected chi connectivity index (χ3v) is 5.81. The minimum absolute atomic E-state index is 0.0280. The van der Waals surface area contributed by atoms with Gasteiger partial charge in [-0.1, -0.05) is 0 Å². The summed E-state index contributed by atoms with van der Waals surface area (Å²) in [4.78, 5) is 29.4. The molecular weight excluding hydrogens is 358 g/mol. The van der Waals surface area contributed by atoms with Crippen LogP contribution in [0.4, 0.5) is 5.69 Å². The van der Waals surface area contributed by atoms with Crippen molar-refractivity contribution in [3.63, 3.8) is 0 Å². The summed E-state index contributed by atoms with van der Waals surface area (Å²) in [6.45, 7) is 11.1. The Labute approximate surface area is 167 Å². The molecule has 8 heteroatoms. The van der Waals surface area contributed by atoms with E-state index in [-0.39, 0.29) is 29.9 Å². The van der Waals surface area contributed by atoms with Crippen molar-refractivity contribution in [3.8, 4) is 0 Å². The number of hydrogen-bond donors (Lipinski definition) is 1. The number of hydrogen-bond acceptors (Lipinski definition) is 5. The molecule has 156 valence electrons. The quantitative estimate of drug-likeness (QED) is 0.838. The molecule has 2 aliphatic heterocycles.